The van der Waals surface area contributed by atoms with Crippen LogP contribution in [-0.2, 0) is 11.3 Å². The molecule has 2 heteroatoms. The van der Waals surface area contributed by atoms with Gasteiger partial charge in [-0.05, 0) is 43.6 Å². The van der Waals surface area contributed by atoms with E-state index >= 15 is 0 Å². The number of carbonyl (C=O) groups excluding carboxylic acids is 1. The highest BCUT2D eigenvalue weighted by molar-refractivity contribution is 5.83. The van der Waals surface area contributed by atoms with E-state index in [9.17, 15) is 4.79 Å². The van der Waals surface area contributed by atoms with Crippen molar-refractivity contribution in [2.45, 2.75) is 38.6 Å². The molecule has 1 aromatic carbocycles. The molecule has 2 aliphatic rings. The molecule has 2 fully saturated rings. The summed E-state index contributed by atoms with van der Waals surface area (Å²) < 4.78 is 0. The fraction of sp³-hybridized carbons (Fsp3) is 0.533. The molecule has 2 aliphatic carbocycles. The molecule has 0 heterocycles. The minimum absolute atomic E-state index is 0.000549. The third-order valence-corrected chi connectivity index (χ3v) is 4.52. The van der Waals surface area contributed by atoms with E-state index in [1.54, 1.807) is 0 Å². The van der Waals surface area contributed by atoms with Gasteiger partial charge in [-0.1, -0.05) is 30.3 Å². The summed E-state index contributed by atoms with van der Waals surface area (Å²) in [4.78, 5) is 12.3. The van der Waals surface area contributed by atoms with Gasteiger partial charge < -0.3 is 5.32 Å². The zero-order valence-electron chi connectivity index (χ0n) is 10.1. The minimum Gasteiger partial charge on any atom is -0.352 e. The molecule has 0 aliphatic heterocycles. The molecule has 0 radical (unpaired) electrons. The van der Waals surface area contributed by atoms with E-state index < -0.39 is 0 Å². The number of carbonyl (C=O) groups is 1. The van der Waals surface area contributed by atoms with Crippen molar-refractivity contribution in [2.24, 2.45) is 11.3 Å². The number of rotatable bonds is 3. The van der Waals surface area contributed by atoms with Crippen LogP contribution < -0.4 is 5.32 Å². The summed E-state index contributed by atoms with van der Waals surface area (Å²) in [5.41, 5.74) is 1.18. The molecule has 0 spiro atoms. The molecule has 3 rings (SSSR count). The van der Waals surface area contributed by atoms with Gasteiger partial charge in [-0.3, -0.25) is 4.79 Å². The van der Waals surface area contributed by atoms with Crippen LogP contribution in [0, 0.1) is 11.3 Å². The molecule has 2 saturated carbocycles. The number of nitrogens with one attached hydrogen (secondary N) is 1. The van der Waals surface area contributed by atoms with Crippen LogP contribution in [0.4, 0.5) is 0 Å². The van der Waals surface area contributed by atoms with Gasteiger partial charge >= 0.3 is 0 Å². The van der Waals surface area contributed by atoms with Crippen LogP contribution in [0.25, 0.3) is 0 Å². The Kier molecular flexibility index (Phi) is 2.65. The largest absolute Gasteiger partial charge is 0.352 e. The van der Waals surface area contributed by atoms with Gasteiger partial charge in [-0.15, -0.1) is 0 Å². The average molecular weight is 229 g/mol. The molecule has 1 N–H and O–H groups in total. The maximum Gasteiger partial charge on any atom is 0.226 e. The van der Waals surface area contributed by atoms with Crippen LogP contribution in [0.2, 0.25) is 0 Å². The highest BCUT2D eigenvalue weighted by Gasteiger charge is 2.49. The maximum atomic E-state index is 12.3. The summed E-state index contributed by atoms with van der Waals surface area (Å²) >= 11 is 0. The quantitative estimate of drug-likeness (QED) is 0.848. The molecule has 17 heavy (non-hydrogen) atoms. The zero-order valence-corrected chi connectivity index (χ0v) is 10.1. The lowest BCUT2D eigenvalue weighted by Gasteiger charge is -2.25. The van der Waals surface area contributed by atoms with Crippen molar-refractivity contribution in [3.05, 3.63) is 35.9 Å². The van der Waals surface area contributed by atoms with Crippen LogP contribution in [0.3, 0.4) is 0 Å². The zero-order chi connectivity index (χ0) is 11.7. The van der Waals surface area contributed by atoms with Crippen LogP contribution in [0.5, 0.6) is 0 Å². The predicted molar refractivity (Wildman–Crippen MR) is 67.3 cm³/mol. The second kappa shape index (κ2) is 4.17. The third-order valence-electron chi connectivity index (χ3n) is 4.52. The van der Waals surface area contributed by atoms with Gasteiger partial charge in [-0.2, -0.15) is 0 Å². The first-order valence-electron chi connectivity index (χ1n) is 6.61. The summed E-state index contributed by atoms with van der Waals surface area (Å²) in [6.07, 6.45) is 5.88. The maximum absolute atomic E-state index is 12.3. The Morgan fingerprint density at radius 3 is 2.53 bits per heavy atom. The highest BCUT2D eigenvalue weighted by Crippen LogP contribution is 2.54. The number of hydrogen-bond acceptors (Lipinski definition) is 1. The summed E-state index contributed by atoms with van der Waals surface area (Å²) in [6.45, 7) is 0.673. The second-order valence-electron chi connectivity index (χ2n) is 5.60. The van der Waals surface area contributed by atoms with Gasteiger partial charge in [0.25, 0.3) is 0 Å². The fourth-order valence-electron chi connectivity index (χ4n) is 3.48. The topological polar surface area (TPSA) is 29.1 Å². The SMILES string of the molecule is O=C(NCc1ccccc1)C12CCC(CC1)C2. The molecular formula is C15H19NO. The Labute approximate surface area is 102 Å². The Morgan fingerprint density at radius 1 is 1.24 bits per heavy atom. The van der Waals surface area contributed by atoms with E-state index in [-0.39, 0.29) is 5.41 Å². The third kappa shape index (κ3) is 1.97. The summed E-state index contributed by atoms with van der Waals surface area (Å²) in [5.74, 6) is 1.12. The lowest BCUT2D eigenvalue weighted by molar-refractivity contribution is -0.130. The van der Waals surface area contributed by atoms with Gasteiger partial charge in [0.05, 0.1) is 0 Å². The van der Waals surface area contributed by atoms with Crippen molar-refractivity contribution in [1.29, 1.82) is 0 Å². The average Bonchev–Trinajstić information content (AvgIpc) is 2.99. The Hall–Kier alpha value is -1.31. The van der Waals surface area contributed by atoms with Gasteiger partial charge in [0, 0.05) is 12.0 Å². The standard InChI is InChI=1S/C15H19NO/c17-14(15-8-6-12(10-15)7-9-15)16-11-13-4-2-1-3-5-13/h1-5,12H,6-11H2,(H,16,17). The second-order valence-corrected chi connectivity index (χ2v) is 5.60. The van der Waals surface area contributed by atoms with Crippen LogP contribution >= 0.6 is 0 Å². The van der Waals surface area contributed by atoms with Gasteiger partial charge in [0.15, 0.2) is 0 Å². The van der Waals surface area contributed by atoms with E-state index in [1.807, 2.05) is 18.2 Å². The van der Waals surface area contributed by atoms with Crippen molar-refractivity contribution in [2.75, 3.05) is 0 Å². The number of benzene rings is 1. The summed E-state index contributed by atoms with van der Waals surface area (Å²) in [7, 11) is 0. The van der Waals surface area contributed by atoms with Crippen molar-refractivity contribution < 1.29 is 4.79 Å². The molecule has 1 amide bonds. The molecule has 0 saturated heterocycles. The Morgan fingerprint density at radius 2 is 1.94 bits per heavy atom. The molecule has 0 atom stereocenters. The smallest absolute Gasteiger partial charge is 0.226 e. The number of fused-ring (bicyclic) bond motifs is 2. The van der Waals surface area contributed by atoms with Crippen molar-refractivity contribution in [3.8, 4) is 0 Å². The highest BCUT2D eigenvalue weighted by atomic mass is 16.2. The minimum atomic E-state index is -0.000549. The summed E-state index contributed by atoms with van der Waals surface area (Å²) in [6, 6.07) is 10.2. The molecular weight excluding hydrogens is 210 g/mol. The normalized spacial score (nSPS) is 30.5. The first-order valence-corrected chi connectivity index (χ1v) is 6.61. The number of hydrogen-bond donors (Lipinski definition) is 1. The predicted octanol–water partition coefficient (Wildman–Crippen LogP) is 2.88. The Bertz CT molecular complexity index is 404. The Balaban J connectivity index is 1.61. The lowest BCUT2D eigenvalue weighted by Crippen LogP contribution is -2.37. The van der Waals surface area contributed by atoms with E-state index in [0.717, 1.165) is 25.2 Å². The van der Waals surface area contributed by atoms with Gasteiger partial charge in [0.2, 0.25) is 5.91 Å². The first kappa shape index (κ1) is 10.8. The fourth-order valence-corrected chi connectivity index (χ4v) is 3.48. The van der Waals surface area contributed by atoms with Crippen LogP contribution in [0.1, 0.15) is 37.7 Å². The van der Waals surface area contributed by atoms with Crippen molar-refractivity contribution >= 4 is 5.91 Å². The van der Waals surface area contributed by atoms with Crippen LogP contribution in [-0.4, -0.2) is 5.91 Å². The molecule has 1 aromatic rings. The molecule has 90 valence electrons. The molecule has 2 nitrogen and oxygen atoms in total. The van der Waals surface area contributed by atoms with Gasteiger partial charge in [0.1, 0.15) is 0 Å². The monoisotopic (exact) mass is 229 g/mol. The van der Waals surface area contributed by atoms with Crippen molar-refractivity contribution in [3.63, 3.8) is 0 Å². The van der Waals surface area contributed by atoms with E-state index in [0.29, 0.717) is 12.5 Å². The lowest BCUT2D eigenvalue weighted by atomic mass is 9.83. The molecule has 0 unspecified atom stereocenters. The van der Waals surface area contributed by atoms with Crippen LogP contribution in [0.15, 0.2) is 30.3 Å². The van der Waals surface area contributed by atoms with E-state index in [4.69, 9.17) is 0 Å². The summed E-state index contributed by atoms with van der Waals surface area (Å²) in [5, 5.41) is 3.12. The molecule has 2 bridgehead atoms. The van der Waals surface area contributed by atoms with E-state index in [1.165, 1.54) is 18.4 Å². The molecule has 0 aromatic heterocycles. The number of amides is 1. The van der Waals surface area contributed by atoms with E-state index in [2.05, 4.69) is 17.4 Å². The first-order chi connectivity index (χ1) is 8.28. The van der Waals surface area contributed by atoms with Gasteiger partial charge in [-0.25, -0.2) is 0 Å². The van der Waals surface area contributed by atoms with Crippen molar-refractivity contribution in [1.82, 2.24) is 5.32 Å².